The van der Waals surface area contributed by atoms with Gasteiger partial charge in [0.1, 0.15) is 16.5 Å². The van der Waals surface area contributed by atoms with Gasteiger partial charge in [0.25, 0.3) is 5.91 Å². The normalized spacial score (nSPS) is 11.0. The number of rotatable bonds is 4. The monoisotopic (exact) mass is 358 g/mol. The number of hydrogen-bond acceptors (Lipinski definition) is 5. The minimum absolute atomic E-state index is 0.254. The van der Waals surface area contributed by atoms with Crippen molar-refractivity contribution in [3.63, 3.8) is 0 Å². The van der Waals surface area contributed by atoms with Crippen LogP contribution in [-0.4, -0.2) is 20.3 Å². The van der Waals surface area contributed by atoms with E-state index < -0.39 is 0 Å². The van der Waals surface area contributed by atoms with E-state index in [2.05, 4.69) is 15.3 Å². The predicted molar refractivity (Wildman–Crippen MR) is 91.7 cm³/mol. The predicted octanol–water partition coefficient (Wildman–Crippen LogP) is 3.59. The number of nitrogens with zero attached hydrogens (tertiary/aromatic N) is 3. The number of amides is 1. The highest BCUT2D eigenvalue weighted by Crippen LogP contribution is 2.23. The molecule has 0 saturated carbocycles. The van der Waals surface area contributed by atoms with Crippen LogP contribution < -0.4 is 5.32 Å². The maximum atomic E-state index is 13.0. The molecule has 0 aliphatic heterocycles. The first kappa shape index (κ1) is 15.0. The zero-order valence-corrected chi connectivity index (χ0v) is 13.9. The molecule has 3 aromatic heterocycles. The number of hydrogen-bond donors (Lipinski definition) is 1. The second-order valence-corrected chi connectivity index (χ2v) is 6.78. The number of thiazole rings is 2. The molecule has 0 unspecified atom stereocenters. The molecule has 0 saturated heterocycles. The van der Waals surface area contributed by atoms with E-state index in [4.69, 9.17) is 0 Å². The molecule has 120 valence electrons. The fourth-order valence-corrected chi connectivity index (χ4v) is 3.75. The number of nitrogens with one attached hydrogen (secondary N) is 1. The van der Waals surface area contributed by atoms with Gasteiger partial charge in [-0.15, -0.1) is 22.7 Å². The molecule has 0 aliphatic carbocycles. The van der Waals surface area contributed by atoms with E-state index in [0.717, 1.165) is 16.2 Å². The summed E-state index contributed by atoms with van der Waals surface area (Å²) in [5.41, 5.74) is 1.93. The SMILES string of the molecule is O=C(NCc1cn2ccsc2n1)c1csc(-c2ccc(F)cc2)n1. The third-order valence-electron chi connectivity index (χ3n) is 3.40. The van der Waals surface area contributed by atoms with Gasteiger partial charge in [0.2, 0.25) is 0 Å². The minimum Gasteiger partial charge on any atom is -0.345 e. The fraction of sp³-hybridized carbons (Fsp3) is 0.0625. The highest BCUT2D eigenvalue weighted by molar-refractivity contribution is 7.15. The first-order valence-electron chi connectivity index (χ1n) is 7.10. The average molecular weight is 358 g/mol. The summed E-state index contributed by atoms with van der Waals surface area (Å²) in [6, 6.07) is 6.04. The van der Waals surface area contributed by atoms with Crippen LogP contribution in [0.1, 0.15) is 16.2 Å². The van der Waals surface area contributed by atoms with Crippen molar-refractivity contribution in [2.45, 2.75) is 6.54 Å². The van der Waals surface area contributed by atoms with Crippen molar-refractivity contribution in [2.75, 3.05) is 0 Å². The Hall–Kier alpha value is -2.58. The van der Waals surface area contributed by atoms with Gasteiger partial charge in [0.15, 0.2) is 4.96 Å². The average Bonchev–Trinajstić information content (AvgIpc) is 3.29. The molecule has 0 atom stereocenters. The van der Waals surface area contributed by atoms with Crippen LogP contribution in [0.2, 0.25) is 0 Å². The molecule has 0 bridgehead atoms. The van der Waals surface area contributed by atoms with Crippen LogP contribution in [0.3, 0.4) is 0 Å². The second kappa shape index (κ2) is 6.14. The molecule has 0 aliphatic rings. The Morgan fingerprint density at radius 2 is 2.04 bits per heavy atom. The van der Waals surface area contributed by atoms with Crippen LogP contribution in [0.5, 0.6) is 0 Å². The molecule has 1 amide bonds. The zero-order valence-electron chi connectivity index (χ0n) is 12.3. The molecular weight excluding hydrogens is 347 g/mol. The van der Waals surface area contributed by atoms with Crippen molar-refractivity contribution in [2.24, 2.45) is 0 Å². The molecule has 1 N–H and O–H groups in total. The molecule has 0 fully saturated rings. The molecule has 3 heterocycles. The molecule has 8 heteroatoms. The van der Waals surface area contributed by atoms with E-state index in [-0.39, 0.29) is 11.7 Å². The maximum Gasteiger partial charge on any atom is 0.271 e. The summed E-state index contributed by atoms with van der Waals surface area (Å²) in [5, 5.41) is 7.15. The van der Waals surface area contributed by atoms with E-state index in [1.165, 1.54) is 23.5 Å². The molecule has 24 heavy (non-hydrogen) atoms. The topological polar surface area (TPSA) is 59.3 Å². The smallest absolute Gasteiger partial charge is 0.271 e. The van der Waals surface area contributed by atoms with Crippen LogP contribution in [0.15, 0.2) is 47.4 Å². The van der Waals surface area contributed by atoms with Gasteiger partial charge in [-0.05, 0) is 24.3 Å². The summed E-state index contributed by atoms with van der Waals surface area (Å²) >= 11 is 2.89. The first-order valence-corrected chi connectivity index (χ1v) is 8.86. The van der Waals surface area contributed by atoms with Gasteiger partial charge >= 0.3 is 0 Å². The lowest BCUT2D eigenvalue weighted by atomic mass is 10.2. The van der Waals surface area contributed by atoms with Crippen molar-refractivity contribution in [3.05, 3.63) is 64.6 Å². The van der Waals surface area contributed by atoms with Gasteiger partial charge in [-0.25, -0.2) is 14.4 Å². The highest BCUT2D eigenvalue weighted by Gasteiger charge is 2.12. The third kappa shape index (κ3) is 2.93. The number of fused-ring (bicyclic) bond motifs is 1. The molecule has 0 spiro atoms. The summed E-state index contributed by atoms with van der Waals surface area (Å²) in [5.74, 6) is -0.552. The Bertz CT molecular complexity index is 974. The van der Waals surface area contributed by atoms with E-state index in [1.54, 1.807) is 28.8 Å². The fourth-order valence-electron chi connectivity index (χ4n) is 2.23. The van der Waals surface area contributed by atoms with Gasteiger partial charge in [0, 0.05) is 28.7 Å². The van der Waals surface area contributed by atoms with E-state index >= 15 is 0 Å². The molecule has 0 radical (unpaired) electrons. The molecule has 5 nitrogen and oxygen atoms in total. The molecule has 4 rings (SSSR count). The Morgan fingerprint density at radius 1 is 1.21 bits per heavy atom. The van der Waals surface area contributed by atoms with Crippen molar-refractivity contribution in [1.82, 2.24) is 19.7 Å². The largest absolute Gasteiger partial charge is 0.345 e. The summed E-state index contributed by atoms with van der Waals surface area (Å²) < 4.78 is 14.9. The lowest BCUT2D eigenvalue weighted by Crippen LogP contribution is -2.23. The molecule has 1 aromatic carbocycles. The van der Waals surface area contributed by atoms with E-state index in [1.807, 2.05) is 22.2 Å². The van der Waals surface area contributed by atoms with Crippen molar-refractivity contribution >= 4 is 33.5 Å². The van der Waals surface area contributed by atoms with Gasteiger partial charge in [-0.2, -0.15) is 0 Å². The van der Waals surface area contributed by atoms with Gasteiger partial charge in [0.05, 0.1) is 12.2 Å². The van der Waals surface area contributed by atoms with Crippen molar-refractivity contribution < 1.29 is 9.18 Å². The van der Waals surface area contributed by atoms with Gasteiger partial charge in [-0.1, -0.05) is 0 Å². The second-order valence-electron chi connectivity index (χ2n) is 5.05. The molecular formula is C16H11FN4OS2. The Balaban J connectivity index is 1.44. The Kier molecular flexibility index (Phi) is 3.83. The summed E-state index contributed by atoms with van der Waals surface area (Å²) in [6.07, 6.45) is 3.81. The van der Waals surface area contributed by atoms with Crippen LogP contribution >= 0.6 is 22.7 Å². The lowest BCUT2D eigenvalue weighted by molar-refractivity contribution is 0.0946. The number of halogens is 1. The van der Waals surface area contributed by atoms with Crippen molar-refractivity contribution in [3.8, 4) is 10.6 Å². The standard InChI is InChI=1S/C16H11FN4OS2/c17-11-3-1-10(2-4-11)15-20-13(9-24-15)14(22)18-7-12-8-21-5-6-23-16(21)19-12/h1-6,8-9H,7H2,(H,18,22). The van der Waals surface area contributed by atoms with Crippen molar-refractivity contribution in [1.29, 1.82) is 0 Å². The van der Waals surface area contributed by atoms with Crippen LogP contribution in [0.4, 0.5) is 4.39 Å². The summed E-state index contributed by atoms with van der Waals surface area (Å²) in [7, 11) is 0. The zero-order chi connectivity index (χ0) is 16.5. The maximum absolute atomic E-state index is 13.0. The minimum atomic E-state index is -0.298. The lowest BCUT2D eigenvalue weighted by Gasteiger charge is -2.00. The quantitative estimate of drug-likeness (QED) is 0.606. The van der Waals surface area contributed by atoms with E-state index in [0.29, 0.717) is 17.2 Å². The van der Waals surface area contributed by atoms with E-state index in [9.17, 15) is 9.18 Å². The number of benzene rings is 1. The molecule has 4 aromatic rings. The van der Waals surface area contributed by atoms with Crippen LogP contribution in [0.25, 0.3) is 15.5 Å². The van der Waals surface area contributed by atoms with Crippen LogP contribution in [-0.2, 0) is 6.54 Å². The Morgan fingerprint density at radius 3 is 2.83 bits per heavy atom. The summed E-state index contributed by atoms with van der Waals surface area (Å²) in [4.78, 5) is 21.8. The van der Waals surface area contributed by atoms with Gasteiger partial charge in [-0.3, -0.25) is 9.20 Å². The first-order chi connectivity index (χ1) is 11.7. The number of carbonyl (C=O) groups is 1. The Labute approximate surface area is 144 Å². The summed E-state index contributed by atoms with van der Waals surface area (Å²) in [6.45, 7) is 0.344. The highest BCUT2D eigenvalue weighted by atomic mass is 32.1. The number of aromatic nitrogens is 3. The number of imidazole rings is 1. The van der Waals surface area contributed by atoms with Crippen LogP contribution in [0, 0.1) is 5.82 Å². The van der Waals surface area contributed by atoms with Gasteiger partial charge < -0.3 is 5.32 Å². The third-order valence-corrected chi connectivity index (χ3v) is 5.06. The number of carbonyl (C=O) groups excluding carboxylic acids is 1.